The van der Waals surface area contributed by atoms with E-state index in [1.54, 1.807) is 12.1 Å². The van der Waals surface area contributed by atoms with E-state index in [9.17, 15) is 14.4 Å². The first kappa shape index (κ1) is 17.5. The van der Waals surface area contributed by atoms with Crippen LogP contribution in [0.3, 0.4) is 0 Å². The molecule has 0 radical (unpaired) electrons. The number of amides is 3. The Morgan fingerprint density at radius 2 is 2.20 bits per heavy atom. The van der Waals surface area contributed by atoms with Gasteiger partial charge in [0.25, 0.3) is 11.1 Å². The first-order valence-corrected chi connectivity index (χ1v) is 9.05. The van der Waals surface area contributed by atoms with E-state index in [0.29, 0.717) is 18.5 Å². The minimum Gasteiger partial charge on any atom is -0.348 e. The summed E-state index contributed by atoms with van der Waals surface area (Å²) >= 11 is 1.19. The van der Waals surface area contributed by atoms with E-state index in [0.717, 1.165) is 11.1 Å². The molecule has 5 nitrogen and oxygen atoms in total. The molecule has 3 amide bonds. The second kappa shape index (κ2) is 7.27. The molecule has 2 fully saturated rings. The fourth-order valence-corrected chi connectivity index (χ4v) is 4.45. The Morgan fingerprint density at radius 1 is 1.40 bits per heavy atom. The Labute approximate surface area is 150 Å². The fourth-order valence-electron chi connectivity index (χ4n) is 3.21. The third kappa shape index (κ3) is 3.69. The van der Waals surface area contributed by atoms with Crippen LogP contribution in [0.2, 0.25) is 0 Å². The van der Waals surface area contributed by atoms with Gasteiger partial charge in [0.05, 0.1) is 5.92 Å². The Bertz CT molecular complexity index is 772. The fraction of sp³-hybridized carbons (Fsp3) is 0.316. The maximum absolute atomic E-state index is 12.3. The molecule has 3 atom stereocenters. The number of nitrogens with one attached hydrogen (secondary N) is 2. The van der Waals surface area contributed by atoms with Gasteiger partial charge in [-0.05, 0) is 37.0 Å². The van der Waals surface area contributed by atoms with Crippen LogP contribution < -0.4 is 10.6 Å². The van der Waals surface area contributed by atoms with Gasteiger partial charge in [0.1, 0.15) is 0 Å². The maximum atomic E-state index is 12.3. The van der Waals surface area contributed by atoms with Crippen LogP contribution in [-0.2, 0) is 4.79 Å². The van der Waals surface area contributed by atoms with Crippen LogP contribution in [0.1, 0.15) is 35.2 Å². The standard InChI is InChI=1S/C19H20N2O3S/c1-3-5-11(2)10-20-17(22)13-7-4-6-12(8-13)14-9-15-16(14)25-19(24)21-18(15)23/h3-8,14-16H,1,9-10H2,2H3,(H,20,22)(H,21,23,24)/b11-5+/t14-,15?,16?/m0/s1. The lowest BCUT2D eigenvalue weighted by molar-refractivity contribution is -0.126. The molecule has 0 aromatic heterocycles. The zero-order valence-electron chi connectivity index (χ0n) is 14.0. The van der Waals surface area contributed by atoms with Gasteiger partial charge in [-0.3, -0.25) is 19.7 Å². The highest BCUT2D eigenvalue weighted by Crippen LogP contribution is 2.51. The van der Waals surface area contributed by atoms with Gasteiger partial charge in [0.15, 0.2) is 0 Å². The molecular weight excluding hydrogens is 336 g/mol. The molecule has 2 N–H and O–H groups in total. The number of hydrogen-bond donors (Lipinski definition) is 2. The Balaban J connectivity index is 1.69. The highest BCUT2D eigenvalue weighted by molar-refractivity contribution is 8.14. The molecule has 1 aromatic carbocycles. The normalized spacial score (nSPS) is 25.5. The summed E-state index contributed by atoms with van der Waals surface area (Å²) in [5, 5.41) is 4.92. The topological polar surface area (TPSA) is 75.3 Å². The molecule has 0 spiro atoms. The zero-order chi connectivity index (χ0) is 18.0. The van der Waals surface area contributed by atoms with Crippen molar-refractivity contribution in [2.45, 2.75) is 24.5 Å². The van der Waals surface area contributed by atoms with Crippen molar-refractivity contribution in [3.05, 3.63) is 59.7 Å². The van der Waals surface area contributed by atoms with Crippen molar-refractivity contribution in [2.75, 3.05) is 6.54 Å². The maximum Gasteiger partial charge on any atom is 0.285 e. The molecule has 1 aliphatic heterocycles. The summed E-state index contributed by atoms with van der Waals surface area (Å²) in [6.45, 7) is 6.02. The molecular formula is C19H20N2O3S. The second-order valence-corrected chi connectivity index (χ2v) is 7.52. The average Bonchev–Trinajstić information content (AvgIpc) is 2.56. The van der Waals surface area contributed by atoms with E-state index in [-0.39, 0.29) is 34.1 Å². The highest BCUT2D eigenvalue weighted by Gasteiger charge is 2.50. The molecule has 1 heterocycles. The van der Waals surface area contributed by atoms with Crippen LogP contribution in [0.4, 0.5) is 4.79 Å². The quantitative estimate of drug-likeness (QED) is 0.795. The Kier molecular flexibility index (Phi) is 5.08. The first-order valence-electron chi connectivity index (χ1n) is 8.17. The van der Waals surface area contributed by atoms with E-state index in [1.165, 1.54) is 11.8 Å². The van der Waals surface area contributed by atoms with Gasteiger partial charge in [-0.1, -0.05) is 48.2 Å². The number of rotatable bonds is 5. The molecule has 6 heteroatoms. The summed E-state index contributed by atoms with van der Waals surface area (Å²) in [5.41, 5.74) is 2.61. The SMILES string of the molecule is C=C/C=C(\C)CNC(=O)c1cccc([C@@H]2CC3C(=O)NC(=O)SC32)c1. The molecule has 1 saturated heterocycles. The van der Waals surface area contributed by atoms with E-state index < -0.39 is 0 Å². The molecule has 1 saturated carbocycles. The average molecular weight is 356 g/mol. The molecule has 25 heavy (non-hydrogen) atoms. The van der Waals surface area contributed by atoms with Crippen molar-refractivity contribution >= 4 is 28.8 Å². The van der Waals surface area contributed by atoms with Gasteiger partial charge in [-0.2, -0.15) is 0 Å². The van der Waals surface area contributed by atoms with Gasteiger partial charge < -0.3 is 5.32 Å². The molecule has 2 aliphatic rings. The predicted molar refractivity (Wildman–Crippen MR) is 98.5 cm³/mol. The van der Waals surface area contributed by atoms with Gasteiger partial charge in [0, 0.05) is 17.4 Å². The second-order valence-electron chi connectivity index (χ2n) is 6.36. The van der Waals surface area contributed by atoms with Crippen molar-refractivity contribution in [1.29, 1.82) is 0 Å². The molecule has 3 rings (SSSR count). The number of imide groups is 1. The van der Waals surface area contributed by atoms with Crippen molar-refractivity contribution in [1.82, 2.24) is 10.6 Å². The number of carbonyl (C=O) groups is 3. The minimum atomic E-state index is -0.283. The summed E-state index contributed by atoms with van der Waals surface area (Å²) in [7, 11) is 0. The third-order valence-corrected chi connectivity index (χ3v) is 5.86. The summed E-state index contributed by atoms with van der Waals surface area (Å²) in [4.78, 5) is 35.7. The van der Waals surface area contributed by atoms with Gasteiger partial charge in [-0.15, -0.1) is 0 Å². The zero-order valence-corrected chi connectivity index (χ0v) is 14.8. The smallest absolute Gasteiger partial charge is 0.285 e. The largest absolute Gasteiger partial charge is 0.348 e. The van der Waals surface area contributed by atoms with Gasteiger partial charge in [-0.25, -0.2) is 0 Å². The monoisotopic (exact) mass is 356 g/mol. The first-order chi connectivity index (χ1) is 12.0. The molecule has 2 unspecified atom stereocenters. The number of thioether (sulfide) groups is 1. The van der Waals surface area contributed by atoms with E-state index in [4.69, 9.17) is 0 Å². The number of carbonyl (C=O) groups excluding carboxylic acids is 3. The lowest BCUT2D eigenvalue weighted by atomic mass is 9.70. The molecule has 1 aliphatic carbocycles. The van der Waals surface area contributed by atoms with Crippen LogP contribution in [0.25, 0.3) is 0 Å². The number of hydrogen-bond acceptors (Lipinski definition) is 4. The molecule has 130 valence electrons. The van der Waals surface area contributed by atoms with Crippen LogP contribution in [0.15, 0.2) is 48.6 Å². The summed E-state index contributed by atoms with van der Waals surface area (Å²) < 4.78 is 0. The van der Waals surface area contributed by atoms with Gasteiger partial charge >= 0.3 is 0 Å². The van der Waals surface area contributed by atoms with Gasteiger partial charge in [0.2, 0.25) is 5.91 Å². The van der Waals surface area contributed by atoms with E-state index >= 15 is 0 Å². The van der Waals surface area contributed by atoms with Crippen molar-refractivity contribution in [2.24, 2.45) is 5.92 Å². The highest BCUT2D eigenvalue weighted by atomic mass is 32.2. The van der Waals surface area contributed by atoms with Crippen molar-refractivity contribution in [3.8, 4) is 0 Å². The predicted octanol–water partition coefficient (Wildman–Crippen LogP) is 3.00. The van der Waals surface area contributed by atoms with Crippen molar-refractivity contribution in [3.63, 3.8) is 0 Å². The van der Waals surface area contributed by atoms with Crippen molar-refractivity contribution < 1.29 is 14.4 Å². The Hall–Kier alpha value is -2.34. The summed E-state index contributed by atoms with van der Waals surface area (Å²) in [5.74, 6) is -0.306. The minimum absolute atomic E-state index is 0.0302. The molecule has 1 aromatic rings. The third-order valence-electron chi connectivity index (χ3n) is 4.61. The lowest BCUT2D eigenvalue weighted by Crippen LogP contribution is -2.53. The van der Waals surface area contributed by atoms with Crippen LogP contribution >= 0.6 is 11.8 Å². The van der Waals surface area contributed by atoms with Crippen LogP contribution in [0.5, 0.6) is 0 Å². The summed E-state index contributed by atoms with van der Waals surface area (Å²) in [6.07, 6.45) is 4.25. The van der Waals surface area contributed by atoms with Crippen LogP contribution in [0, 0.1) is 5.92 Å². The Morgan fingerprint density at radius 3 is 2.96 bits per heavy atom. The number of benzene rings is 1. The van der Waals surface area contributed by atoms with Crippen LogP contribution in [-0.4, -0.2) is 28.8 Å². The lowest BCUT2D eigenvalue weighted by Gasteiger charge is -2.45. The van der Waals surface area contributed by atoms with E-state index in [1.807, 2.05) is 31.2 Å². The summed E-state index contributed by atoms with van der Waals surface area (Å²) in [6, 6.07) is 7.44. The molecule has 0 bridgehead atoms. The number of fused-ring (bicyclic) bond motifs is 1. The number of allylic oxidation sites excluding steroid dienone is 2. The van der Waals surface area contributed by atoms with E-state index in [2.05, 4.69) is 17.2 Å².